The van der Waals surface area contributed by atoms with Crippen LogP contribution >= 0.6 is 22.6 Å². The molecule has 0 amide bonds. The second-order valence-corrected chi connectivity index (χ2v) is 10.9. The third kappa shape index (κ3) is 5.49. The van der Waals surface area contributed by atoms with Crippen LogP contribution in [0, 0.1) is 22.2 Å². The Kier molecular flexibility index (Phi) is 7.95. The number of carbonyl (C=O) groups is 1. The van der Waals surface area contributed by atoms with Crippen molar-refractivity contribution in [2.24, 2.45) is 5.92 Å². The second kappa shape index (κ2) is 10.1. The number of piperidine rings is 1. The summed E-state index contributed by atoms with van der Waals surface area (Å²) in [4.78, 5) is 14.5. The first-order valence-corrected chi connectivity index (χ1v) is 12.8. The molecule has 2 heterocycles. The third-order valence-corrected chi connectivity index (χ3v) is 8.18. The maximum absolute atomic E-state index is 13.9. The van der Waals surface area contributed by atoms with Crippen molar-refractivity contribution in [2.45, 2.75) is 49.1 Å². The average Bonchev–Trinajstić information content (AvgIpc) is 2.97. The molecule has 4 rings (SSSR count). The summed E-state index contributed by atoms with van der Waals surface area (Å²) in [6.07, 6.45) is 3.02. The molecular formula is C23H27FINO5S. The molecule has 0 saturated carbocycles. The quantitative estimate of drug-likeness (QED) is 0.332. The highest BCUT2D eigenvalue weighted by Gasteiger charge is 2.49. The number of esters is 1. The Morgan fingerprint density at radius 3 is 2.41 bits per heavy atom. The van der Waals surface area contributed by atoms with Crippen LogP contribution < -0.4 is 0 Å². The van der Waals surface area contributed by atoms with E-state index in [0.29, 0.717) is 9.61 Å². The standard InChI is InChI=1S/C16H19FINO2.C7H8O3S/c1-19-10-4-6-14(19)15(16(20)21-2)11(8-10)9-3-5-13(18)12(17)7-9;1-6-2-4-7(5-3-6)11(8,9)10/h3,5,7,10-11,14-15H,4,6,8H2,1-2H3;2-5H,1H3,(H,8,9,10)/t10-,11+,14+,15-;/m0./s1. The van der Waals surface area contributed by atoms with Gasteiger partial charge in [0.2, 0.25) is 0 Å². The summed E-state index contributed by atoms with van der Waals surface area (Å²) in [6.45, 7) is 1.84. The monoisotopic (exact) mass is 575 g/mol. The van der Waals surface area contributed by atoms with Gasteiger partial charge in [-0.25, -0.2) is 4.39 Å². The SMILES string of the molecule is COC(=O)[C@H]1[C@@H](c2ccc(I)c(F)c2)C[C@@H]2CC[C@H]1N2C.Cc1ccc(S(=O)(=O)O)cc1. The van der Waals surface area contributed by atoms with E-state index in [1.54, 1.807) is 24.3 Å². The molecule has 2 aromatic carbocycles. The van der Waals surface area contributed by atoms with Gasteiger partial charge in [0.15, 0.2) is 0 Å². The van der Waals surface area contributed by atoms with Crippen molar-refractivity contribution in [2.75, 3.05) is 14.2 Å². The van der Waals surface area contributed by atoms with Gasteiger partial charge >= 0.3 is 5.97 Å². The Labute approximate surface area is 202 Å². The highest BCUT2D eigenvalue weighted by Crippen LogP contribution is 2.46. The van der Waals surface area contributed by atoms with Crippen LogP contribution in [0.2, 0.25) is 0 Å². The Hall–Kier alpha value is -1.56. The minimum Gasteiger partial charge on any atom is -0.469 e. The van der Waals surface area contributed by atoms with E-state index in [0.717, 1.165) is 30.4 Å². The number of halogens is 2. The molecule has 2 fully saturated rings. The smallest absolute Gasteiger partial charge is 0.310 e. The van der Waals surface area contributed by atoms with Gasteiger partial charge in [-0.1, -0.05) is 23.8 Å². The van der Waals surface area contributed by atoms with Crippen molar-refractivity contribution in [3.63, 3.8) is 0 Å². The Morgan fingerprint density at radius 2 is 1.84 bits per heavy atom. The lowest BCUT2D eigenvalue weighted by atomic mass is 9.76. The van der Waals surface area contributed by atoms with Crippen molar-refractivity contribution >= 4 is 38.7 Å². The van der Waals surface area contributed by atoms with Crippen LogP contribution in [0.4, 0.5) is 4.39 Å². The summed E-state index contributed by atoms with van der Waals surface area (Å²) >= 11 is 1.99. The molecule has 2 aromatic rings. The minimum atomic E-state index is -4.02. The summed E-state index contributed by atoms with van der Waals surface area (Å²) in [5.41, 5.74) is 1.88. The highest BCUT2D eigenvalue weighted by atomic mass is 127. The first kappa shape index (κ1) is 25.1. The van der Waals surface area contributed by atoms with Crippen LogP contribution in [-0.2, 0) is 19.6 Å². The molecule has 9 heteroatoms. The lowest BCUT2D eigenvalue weighted by molar-refractivity contribution is -0.150. The largest absolute Gasteiger partial charge is 0.469 e. The summed E-state index contributed by atoms with van der Waals surface area (Å²) in [5, 5.41) is 0. The molecule has 6 nitrogen and oxygen atoms in total. The molecule has 4 atom stereocenters. The van der Waals surface area contributed by atoms with E-state index in [1.165, 1.54) is 19.2 Å². The molecule has 2 aliphatic heterocycles. The van der Waals surface area contributed by atoms with Crippen LogP contribution in [0.25, 0.3) is 0 Å². The number of rotatable bonds is 3. The van der Waals surface area contributed by atoms with E-state index in [1.807, 2.05) is 35.6 Å². The summed E-state index contributed by atoms with van der Waals surface area (Å²) in [6, 6.07) is 12.0. The van der Waals surface area contributed by atoms with Gasteiger partial charge in [-0.2, -0.15) is 8.42 Å². The highest BCUT2D eigenvalue weighted by molar-refractivity contribution is 14.1. The van der Waals surface area contributed by atoms with Crippen molar-refractivity contribution in [3.05, 3.63) is 63.0 Å². The molecule has 1 N–H and O–H groups in total. The molecule has 2 bridgehead atoms. The number of methoxy groups -OCH3 is 1. The molecule has 0 aliphatic carbocycles. The lowest BCUT2D eigenvalue weighted by Crippen LogP contribution is -2.49. The molecule has 0 unspecified atom stereocenters. The van der Waals surface area contributed by atoms with E-state index in [2.05, 4.69) is 11.9 Å². The Balaban J connectivity index is 0.000000222. The van der Waals surface area contributed by atoms with Crippen LogP contribution in [0.1, 0.15) is 36.3 Å². The van der Waals surface area contributed by atoms with Gasteiger partial charge in [0, 0.05) is 21.6 Å². The summed E-state index contributed by atoms with van der Waals surface area (Å²) < 4.78 is 49.1. The van der Waals surface area contributed by atoms with Gasteiger partial charge in [0.1, 0.15) is 5.82 Å². The van der Waals surface area contributed by atoms with Crippen molar-refractivity contribution in [3.8, 4) is 0 Å². The lowest BCUT2D eigenvalue weighted by Gasteiger charge is -2.41. The summed E-state index contributed by atoms with van der Waals surface area (Å²) in [5.74, 6) is -0.519. The number of hydrogen-bond donors (Lipinski definition) is 1. The zero-order chi connectivity index (χ0) is 23.6. The number of hydrogen-bond acceptors (Lipinski definition) is 5. The van der Waals surface area contributed by atoms with Crippen molar-refractivity contribution in [1.29, 1.82) is 0 Å². The maximum Gasteiger partial charge on any atom is 0.310 e. The summed E-state index contributed by atoms with van der Waals surface area (Å²) in [7, 11) is -0.494. The van der Waals surface area contributed by atoms with Gasteiger partial charge in [0.05, 0.1) is 17.9 Å². The normalized spacial score (nSPS) is 25.1. The van der Waals surface area contributed by atoms with Gasteiger partial charge in [-0.3, -0.25) is 14.2 Å². The fourth-order valence-electron chi connectivity index (χ4n) is 4.72. The Morgan fingerprint density at radius 1 is 1.19 bits per heavy atom. The van der Waals surface area contributed by atoms with E-state index in [9.17, 15) is 17.6 Å². The number of nitrogens with zero attached hydrogens (tertiary/aromatic N) is 1. The Bertz CT molecular complexity index is 1080. The molecule has 174 valence electrons. The third-order valence-electron chi connectivity index (χ3n) is 6.43. The van der Waals surface area contributed by atoms with E-state index in [4.69, 9.17) is 9.29 Å². The van der Waals surface area contributed by atoms with E-state index in [-0.39, 0.29) is 34.6 Å². The zero-order valence-electron chi connectivity index (χ0n) is 18.2. The number of fused-ring (bicyclic) bond motifs is 2. The van der Waals surface area contributed by atoms with Crippen molar-refractivity contribution < 1.29 is 26.9 Å². The number of aryl methyl sites for hydroxylation is 1. The van der Waals surface area contributed by atoms with Gasteiger partial charge in [-0.05, 0) is 85.7 Å². The van der Waals surface area contributed by atoms with Crippen LogP contribution in [0.15, 0.2) is 47.4 Å². The number of ether oxygens (including phenoxy) is 1. The molecule has 0 radical (unpaired) electrons. The maximum atomic E-state index is 13.9. The fourth-order valence-corrected chi connectivity index (χ4v) is 5.54. The first-order chi connectivity index (χ1) is 15.0. The van der Waals surface area contributed by atoms with E-state index >= 15 is 0 Å². The molecular weight excluding hydrogens is 548 g/mol. The van der Waals surface area contributed by atoms with Gasteiger partial charge < -0.3 is 4.74 Å². The number of benzene rings is 2. The topological polar surface area (TPSA) is 83.9 Å². The van der Waals surface area contributed by atoms with Crippen LogP contribution in [0.3, 0.4) is 0 Å². The minimum absolute atomic E-state index is 0.0534. The van der Waals surface area contributed by atoms with Gasteiger partial charge in [0.25, 0.3) is 10.1 Å². The van der Waals surface area contributed by atoms with Crippen LogP contribution in [0.5, 0.6) is 0 Å². The molecule has 0 spiro atoms. The molecule has 2 aliphatic rings. The van der Waals surface area contributed by atoms with Gasteiger partial charge in [-0.15, -0.1) is 0 Å². The average molecular weight is 575 g/mol. The molecule has 32 heavy (non-hydrogen) atoms. The molecule has 0 aromatic heterocycles. The second-order valence-electron chi connectivity index (χ2n) is 8.32. The fraction of sp³-hybridized carbons (Fsp3) is 0.435. The van der Waals surface area contributed by atoms with Crippen LogP contribution in [-0.4, -0.2) is 50.1 Å². The predicted octanol–water partition coefficient (Wildman–Crippen LogP) is 4.41. The zero-order valence-corrected chi connectivity index (χ0v) is 21.1. The first-order valence-electron chi connectivity index (χ1n) is 10.3. The van der Waals surface area contributed by atoms with Crippen molar-refractivity contribution in [1.82, 2.24) is 4.90 Å². The molecule has 2 saturated heterocycles. The number of carbonyl (C=O) groups excluding carboxylic acids is 1. The van der Waals surface area contributed by atoms with E-state index < -0.39 is 10.1 Å². The predicted molar refractivity (Wildman–Crippen MR) is 128 cm³/mol.